The molecule has 1 heterocycles. The van der Waals surface area contributed by atoms with E-state index in [1.807, 2.05) is 25.1 Å². The lowest BCUT2D eigenvalue weighted by Crippen LogP contribution is -2.08. The summed E-state index contributed by atoms with van der Waals surface area (Å²) in [7, 11) is 0. The maximum Gasteiger partial charge on any atom is 0.223 e. The summed E-state index contributed by atoms with van der Waals surface area (Å²) < 4.78 is 4.90. The third-order valence-electron chi connectivity index (χ3n) is 2.56. The van der Waals surface area contributed by atoms with Crippen LogP contribution >= 0.6 is 0 Å². The number of para-hydroxylation sites is 1. The van der Waals surface area contributed by atoms with Gasteiger partial charge >= 0.3 is 0 Å². The summed E-state index contributed by atoms with van der Waals surface area (Å²) in [6.45, 7) is 4.50. The first-order valence-electron chi connectivity index (χ1n) is 5.55. The topological polar surface area (TPSA) is 77.0 Å². The van der Waals surface area contributed by atoms with Gasteiger partial charge in [-0.2, -0.15) is 4.98 Å². The molecule has 2 aromatic rings. The number of hydrogen-bond acceptors (Lipinski definition) is 5. The van der Waals surface area contributed by atoms with Crippen molar-refractivity contribution in [2.75, 3.05) is 17.6 Å². The minimum atomic E-state index is 0.593. The van der Waals surface area contributed by atoms with Crippen LogP contribution in [0.2, 0.25) is 0 Å². The predicted octanol–water partition coefficient (Wildman–Crippen LogP) is 1.92. The van der Waals surface area contributed by atoms with Crippen LogP contribution in [0.25, 0.3) is 0 Å². The van der Waals surface area contributed by atoms with Crippen LogP contribution in [0.15, 0.2) is 22.7 Å². The molecule has 0 unspecified atom stereocenters. The molecule has 5 heteroatoms. The number of nitrogen functional groups attached to an aromatic ring is 1. The number of benzene rings is 1. The van der Waals surface area contributed by atoms with Gasteiger partial charge in [0.1, 0.15) is 0 Å². The van der Waals surface area contributed by atoms with Crippen molar-refractivity contribution in [3.05, 3.63) is 35.5 Å². The number of aryl methyl sites for hydroxylation is 2. The van der Waals surface area contributed by atoms with E-state index >= 15 is 0 Å². The molecule has 5 nitrogen and oxygen atoms in total. The number of anilines is 2. The molecule has 0 aliphatic rings. The Bertz CT molecular complexity index is 507. The van der Waals surface area contributed by atoms with E-state index in [0.29, 0.717) is 18.1 Å². The van der Waals surface area contributed by atoms with Crippen LogP contribution in [0.5, 0.6) is 0 Å². The standard InChI is InChI=1S/C12H16N4O/c1-8-4-3-5-10(12(8)13)14-7-6-11-15-9(2)17-16-11/h3-5,14H,6-7,13H2,1-2H3. The van der Waals surface area contributed by atoms with Crippen LogP contribution in [-0.4, -0.2) is 16.7 Å². The van der Waals surface area contributed by atoms with Crippen LogP contribution in [0, 0.1) is 13.8 Å². The molecule has 3 N–H and O–H groups in total. The summed E-state index contributed by atoms with van der Waals surface area (Å²) in [4.78, 5) is 4.13. The highest BCUT2D eigenvalue weighted by atomic mass is 16.5. The second-order valence-corrected chi connectivity index (χ2v) is 3.94. The smallest absolute Gasteiger partial charge is 0.223 e. The minimum absolute atomic E-state index is 0.593. The molecule has 0 saturated carbocycles. The van der Waals surface area contributed by atoms with Gasteiger partial charge in [-0.3, -0.25) is 0 Å². The molecule has 0 radical (unpaired) electrons. The van der Waals surface area contributed by atoms with Gasteiger partial charge in [0.2, 0.25) is 5.89 Å². The molecule has 2 rings (SSSR count). The largest absolute Gasteiger partial charge is 0.397 e. The van der Waals surface area contributed by atoms with E-state index in [4.69, 9.17) is 10.3 Å². The Labute approximate surface area is 100 Å². The molecule has 0 atom stereocenters. The Hall–Kier alpha value is -2.04. The molecule has 0 saturated heterocycles. The fourth-order valence-corrected chi connectivity index (χ4v) is 1.59. The zero-order valence-electron chi connectivity index (χ0n) is 10.0. The first-order chi connectivity index (χ1) is 8.16. The number of hydrogen-bond donors (Lipinski definition) is 2. The highest BCUT2D eigenvalue weighted by molar-refractivity contribution is 5.69. The van der Waals surface area contributed by atoms with Crippen molar-refractivity contribution in [2.24, 2.45) is 0 Å². The predicted molar refractivity (Wildman–Crippen MR) is 66.8 cm³/mol. The number of nitrogens with two attached hydrogens (primary N) is 1. The summed E-state index contributed by atoms with van der Waals surface area (Å²) in [6, 6.07) is 5.93. The Morgan fingerprint density at radius 3 is 2.88 bits per heavy atom. The van der Waals surface area contributed by atoms with Crippen molar-refractivity contribution in [1.82, 2.24) is 10.1 Å². The molecule has 0 aliphatic heterocycles. The molecule has 0 fully saturated rings. The summed E-state index contributed by atoms with van der Waals surface area (Å²) >= 11 is 0. The summed E-state index contributed by atoms with van der Waals surface area (Å²) in [6.07, 6.45) is 0.713. The lowest BCUT2D eigenvalue weighted by Gasteiger charge is -2.09. The van der Waals surface area contributed by atoms with Crippen molar-refractivity contribution in [1.29, 1.82) is 0 Å². The van der Waals surface area contributed by atoms with E-state index in [1.165, 1.54) is 0 Å². The molecule has 0 bridgehead atoms. The lowest BCUT2D eigenvalue weighted by molar-refractivity contribution is 0.387. The van der Waals surface area contributed by atoms with Gasteiger partial charge in [0.15, 0.2) is 5.82 Å². The van der Waals surface area contributed by atoms with Gasteiger partial charge in [0.25, 0.3) is 0 Å². The second-order valence-electron chi connectivity index (χ2n) is 3.94. The van der Waals surface area contributed by atoms with E-state index < -0.39 is 0 Å². The Kier molecular flexibility index (Phi) is 3.27. The van der Waals surface area contributed by atoms with Crippen LogP contribution in [-0.2, 0) is 6.42 Å². The number of aromatic nitrogens is 2. The van der Waals surface area contributed by atoms with Crippen LogP contribution < -0.4 is 11.1 Å². The third-order valence-corrected chi connectivity index (χ3v) is 2.56. The summed E-state index contributed by atoms with van der Waals surface area (Å²) in [5.74, 6) is 1.30. The Morgan fingerprint density at radius 1 is 1.35 bits per heavy atom. The molecule has 0 aliphatic carbocycles. The monoisotopic (exact) mass is 232 g/mol. The van der Waals surface area contributed by atoms with Crippen LogP contribution in [0.3, 0.4) is 0 Å². The summed E-state index contributed by atoms with van der Waals surface area (Å²) in [5.41, 5.74) is 8.77. The molecule has 1 aromatic heterocycles. The van der Waals surface area contributed by atoms with E-state index in [9.17, 15) is 0 Å². The van der Waals surface area contributed by atoms with Crippen molar-refractivity contribution < 1.29 is 4.52 Å². The van der Waals surface area contributed by atoms with Gasteiger partial charge in [-0.15, -0.1) is 0 Å². The van der Waals surface area contributed by atoms with Crippen molar-refractivity contribution in [2.45, 2.75) is 20.3 Å². The normalized spacial score (nSPS) is 10.5. The summed E-state index contributed by atoms with van der Waals surface area (Å²) in [5, 5.41) is 7.09. The third kappa shape index (κ3) is 2.75. The van der Waals surface area contributed by atoms with Crippen LogP contribution in [0.1, 0.15) is 17.3 Å². The number of nitrogens with one attached hydrogen (secondary N) is 1. The van der Waals surface area contributed by atoms with Crippen molar-refractivity contribution >= 4 is 11.4 Å². The molecule has 0 amide bonds. The van der Waals surface area contributed by atoms with Gasteiger partial charge in [0.05, 0.1) is 11.4 Å². The fraction of sp³-hybridized carbons (Fsp3) is 0.333. The first kappa shape index (κ1) is 11.4. The van der Waals surface area contributed by atoms with Gasteiger partial charge in [-0.1, -0.05) is 17.3 Å². The highest BCUT2D eigenvalue weighted by Crippen LogP contribution is 2.21. The SMILES string of the molecule is Cc1nc(CCNc2cccc(C)c2N)no1. The maximum absolute atomic E-state index is 5.95. The van der Waals surface area contributed by atoms with E-state index in [2.05, 4.69) is 15.5 Å². The Morgan fingerprint density at radius 2 is 2.18 bits per heavy atom. The molecule has 1 aromatic carbocycles. The van der Waals surface area contributed by atoms with Gasteiger partial charge in [-0.05, 0) is 18.6 Å². The average molecular weight is 232 g/mol. The zero-order valence-corrected chi connectivity index (χ0v) is 10.0. The maximum atomic E-state index is 5.95. The fourth-order valence-electron chi connectivity index (χ4n) is 1.59. The van der Waals surface area contributed by atoms with E-state index in [1.54, 1.807) is 6.92 Å². The quantitative estimate of drug-likeness (QED) is 0.787. The molecule has 90 valence electrons. The number of rotatable bonds is 4. The lowest BCUT2D eigenvalue weighted by atomic mass is 10.1. The molecule has 0 spiro atoms. The van der Waals surface area contributed by atoms with Gasteiger partial charge in [0, 0.05) is 19.9 Å². The first-order valence-corrected chi connectivity index (χ1v) is 5.55. The Balaban J connectivity index is 1.92. The van der Waals surface area contributed by atoms with Crippen LogP contribution in [0.4, 0.5) is 11.4 Å². The van der Waals surface area contributed by atoms with E-state index in [0.717, 1.165) is 23.5 Å². The molecule has 17 heavy (non-hydrogen) atoms. The minimum Gasteiger partial charge on any atom is -0.397 e. The van der Waals surface area contributed by atoms with E-state index in [-0.39, 0.29) is 0 Å². The van der Waals surface area contributed by atoms with Gasteiger partial charge < -0.3 is 15.6 Å². The zero-order chi connectivity index (χ0) is 12.3. The number of nitrogens with zero attached hydrogens (tertiary/aromatic N) is 2. The van der Waals surface area contributed by atoms with Gasteiger partial charge in [-0.25, -0.2) is 0 Å². The molecular formula is C12H16N4O. The molecular weight excluding hydrogens is 216 g/mol. The highest BCUT2D eigenvalue weighted by Gasteiger charge is 2.03. The average Bonchev–Trinajstić information content (AvgIpc) is 2.70. The van der Waals surface area contributed by atoms with Crippen molar-refractivity contribution in [3.63, 3.8) is 0 Å². The van der Waals surface area contributed by atoms with Crippen molar-refractivity contribution in [3.8, 4) is 0 Å². The second kappa shape index (κ2) is 4.86.